The summed E-state index contributed by atoms with van der Waals surface area (Å²) < 4.78 is 0. The molecule has 1 rings (SSSR count). The molecule has 18 heavy (non-hydrogen) atoms. The van der Waals surface area contributed by atoms with Crippen LogP contribution < -0.4 is 5.73 Å². The second-order valence-electron chi connectivity index (χ2n) is 4.49. The van der Waals surface area contributed by atoms with Gasteiger partial charge in [0.1, 0.15) is 5.54 Å². The summed E-state index contributed by atoms with van der Waals surface area (Å²) in [5.74, 6) is -2.83. The van der Waals surface area contributed by atoms with Crippen molar-refractivity contribution in [2.45, 2.75) is 44.2 Å². The van der Waals surface area contributed by atoms with Gasteiger partial charge in [-0.25, -0.2) is 4.79 Å². The van der Waals surface area contributed by atoms with E-state index in [2.05, 4.69) is 0 Å². The Balaban J connectivity index is 2.90. The molecule has 1 saturated heterocycles. The summed E-state index contributed by atoms with van der Waals surface area (Å²) in [5, 5.41) is 17.9. The SMILES string of the molecule is CCC1(C(=O)O)CCCN1C(=O)C(N)CC(=O)O. The fourth-order valence-electron chi connectivity index (χ4n) is 2.42. The number of carbonyl (C=O) groups excluding carboxylic acids is 1. The molecule has 0 saturated carbocycles. The summed E-state index contributed by atoms with van der Waals surface area (Å²) in [6.07, 6.45) is 0.763. The van der Waals surface area contributed by atoms with Crippen LogP contribution in [0.15, 0.2) is 0 Å². The molecule has 0 radical (unpaired) electrons. The molecule has 0 bridgehead atoms. The zero-order chi connectivity index (χ0) is 13.9. The number of amides is 1. The van der Waals surface area contributed by atoms with Crippen LogP contribution in [0.2, 0.25) is 0 Å². The summed E-state index contributed by atoms with van der Waals surface area (Å²) in [5.41, 5.74) is 4.28. The van der Waals surface area contributed by atoms with E-state index < -0.39 is 35.8 Å². The van der Waals surface area contributed by atoms with Gasteiger partial charge in [0.05, 0.1) is 12.5 Å². The molecule has 7 heteroatoms. The minimum absolute atomic E-state index is 0.286. The molecule has 102 valence electrons. The molecule has 0 aromatic heterocycles. The van der Waals surface area contributed by atoms with Crippen LogP contribution in [0.5, 0.6) is 0 Å². The van der Waals surface area contributed by atoms with Crippen LogP contribution in [0.4, 0.5) is 0 Å². The molecule has 2 unspecified atom stereocenters. The predicted octanol–water partition coefficient (Wildman–Crippen LogP) is -0.356. The number of likely N-dealkylation sites (tertiary alicyclic amines) is 1. The number of carboxylic acid groups (broad SMARTS) is 2. The summed E-state index contributed by atoms with van der Waals surface area (Å²) in [4.78, 5) is 35.1. The third-order valence-electron chi connectivity index (χ3n) is 3.45. The highest BCUT2D eigenvalue weighted by atomic mass is 16.4. The number of rotatable bonds is 5. The van der Waals surface area contributed by atoms with Gasteiger partial charge in [-0.3, -0.25) is 9.59 Å². The van der Waals surface area contributed by atoms with Crippen molar-refractivity contribution in [1.29, 1.82) is 0 Å². The van der Waals surface area contributed by atoms with E-state index in [0.29, 0.717) is 19.4 Å². The van der Waals surface area contributed by atoms with Crippen LogP contribution in [0.25, 0.3) is 0 Å². The summed E-state index contributed by atoms with van der Waals surface area (Å²) in [6, 6.07) is -1.19. The maximum absolute atomic E-state index is 12.0. The van der Waals surface area contributed by atoms with Gasteiger partial charge >= 0.3 is 11.9 Å². The van der Waals surface area contributed by atoms with Crippen molar-refractivity contribution in [2.24, 2.45) is 5.73 Å². The Morgan fingerprint density at radius 3 is 2.44 bits per heavy atom. The fraction of sp³-hybridized carbons (Fsp3) is 0.727. The molecule has 7 nitrogen and oxygen atoms in total. The van der Waals surface area contributed by atoms with Crippen LogP contribution >= 0.6 is 0 Å². The highest BCUT2D eigenvalue weighted by molar-refractivity contribution is 5.92. The molecule has 1 fully saturated rings. The van der Waals surface area contributed by atoms with Crippen molar-refractivity contribution in [2.75, 3.05) is 6.54 Å². The molecule has 1 heterocycles. The number of carboxylic acids is 2. The fourth-order valence-corrected chi connectivity index (χ4v) is 2.42. The van der Waals surface area contributed by atoms with Gasteiger partial charge in [-0.05, 0) is 19.3 Å². The topological polar surface area (TPSA) is 121 Å². The van der Waals surface area contributed by atoms with Crippen LogP contribution in [-0.4, -0.2) is 51.1 Å². The molecule has 0 spiro atoms. The molecule has 1 aliphatic heterocycles. The minimum atomic E-state index is -1.23. The zero-order valence-corrected chi connectivity index (χ0v) is 10.3. The summed E-state index contributed by atoms with van der Waals surface area (Å²) in [6.45, 7) is 2.01. The van der Waals surface area contributed by atoms with E-state index in [4.69, 9.17) is 10.8 Å². The van der Waals surface area contributed by atoms with Gasteiger partial charge in [0.25, 0.3) is 0 Å². The third kappa shape index (κ3) is 2.45. The Hall–Kier alpha value is -1.63. The van der Waals surface area contributed by atoms with Crippen molar-refractivity contribution in [3.8, 4) is 0 Å². The highest BCUT2D eigenvalue weighted by Gasteiger charge is 2.49. The van der Waals surface area contributed by atoms with Crippen molar-refractivity contribution in [3.05, 3.63) is 0 Å². The smallest absolute Gasteiger partial charge is 0.329 e. The average molecular weight is 258 g/mol. The van der Waals surface area contributed by atoms with Gasteiger partial charge in [-0.2, -0.15) is 0 Å². The lowest BCUT2D eigenvalue weighted by Gasteiger charge is -2.35. The second-order valence-corrected chi connectivity index (χ2v) is 4.49. The Bertz CT molecular complexity index is 370. The van der Waals surface area contributed by atoms with Crippen LogP contribution in [0.1, 0.15) is 32.6 Å². The molecule has 2 atom stereocenters. The third-order valence-corrected chi connectivity index (χ3v) is 3.45. The second kappa shape index (κ2) is 5.34. The lowest BCUT2D eigenvalue weighted by atomic mass is 9.92. The minimum Gasteiger partial charge on any atom is -0.481 e. The molecule has 0 aliphatic carbocycles. The Kier molecular flexibility index (Phi) is 4.28. The number of hydrogen-bond donors (Lipinski definition) is 3. The van der Waals surface area contributed by atoms with E-state index in [1.54, 1.807) is 6.92 Å². The number of hydrogen-bond acceptors (Lipinski definition) is 4. The molecular weight excluding hydrogens is 240 g/mol. The van der Waals surface area contributed by atoms with Crippen LogP contribution in [0, 0.1) is 0 Å². The monoisotopic (exact) mass is 258 g/mol. The summed E-state index contributed by atoms with van der Waals surface area (Å²) >= 11 is 0. The van der Waals surface area contributed by atoms with Crippen molar-refractivity contribution in [1.82, 2.24) is 4.90 Å². The number of nitrogens with two attached hydrogens (primary N) is 1. The number of nitrogens with zero attached hydrogens (tertiary/aromatic N) is 1. The van der Waals surface area contributed by atoms with Crippen molar-refractivity contribution >= 4 is 17.8 Å². The largest absolute Gasteiger partial charge is 0.481 e. The van der Waals surface area contributed by atoms with Gasteiger partial charge in [-0.15, -0.1) is 0 Å². The maximum atomic E-state index is 12.0. The van der Waals surface area contributed by atoms with E-state index in [1.165, 1.54) is 4.90 Å². The van der Waals surface area contributed by atoms with Crippen molar-refractivity contribution in [3.63, 3.8) is 0 Å². The highest BCUT2D eigenvalue weighted by Crippen LogP contribution is 2.33. The Morgan fingerprint density at radius 1 is 1.39 bits per heavy atom. The molecule has 0 aromatic rings. The molecule has 4 N–H and O–H groups in total. The van der Waals surface area contributed by atoms with E-state index in [9.17, 15) is 19.5 Å². The maximum Gasteiger partial charge on any atom is 0.329 e. The first-order chi connectivity index (χ1) is 8.35. The van der Waals surface area contributed by atoms with Gasteiger partial charge in [0.2, 0.25) is 5.91 Å². The standard InChI is InChI=1S/C11H18N2O5/c1-2-11(10(17)18)4-3-5-13(11)9(16)7(12)6-8(14)15/h7H,2-6,12H2,1H3,(H,14,15)(H,17,18). The predicted molar refractivity (Wildman–Crippen MR) is 61.8 cm³/mol. The van der Waals surface area contributed by atoms with Gasteiger partial charge in [0.15, 0.2) is 0 Å². The zero-order valence-electron chi connectivity index (χ0n) is 10.3. The van der Waals surface area contributed by atoms with E-state index in [1.807, 2.05) is 0 Å². The molecule has 1 amide bonds. The normalized spacial score (nSPS) is 24.9. The number of aliphatic carboxylic acids is 2. The number of carbonyl (C=O) groups is 3. The first-order valence-electron chi connectivity index (χ1n) is 5.87. The van der Waals surface area contributed by atoms with Crippen LogP contribution in [-0.2, 0) is 14.4 Å². The lowest BCUT2D eigenvalue weighted by Crippen LogP contribution is -2.57. The van der Waals surface area contributed by atoms with E-state index >= 15 is 0 Å². The molecule has 1 aliphatic rings. The molecule has 0 aromatic carbocycles. The Morgan fingerprint density at radius 2 is 2.00 bits per heavy atom. The van der Waals surface area contributed by atoms with Gasteiger partial charge in [0, 0.05) is 6.54 Å². The quantitative estimate of drug-likeness (QED) is 0.619. The first kappa shape index (κ1) is 14.4. The van der Waals surface area contributed by atoms with Crippen LogP contribution in [0.3, 0.4) is 0 Å². The Labute approximate surface area is 105 Å². The van der Waals surface area contributed by atoms with E-state index in [-0.39, 0.29) is 6.42 Å². The van der Waals surface area contributed by atoms with E-state index in [0.717, 1.165) is 0 Å². The molecular formula is C11H18N2O5. The van der Waals surface area contributed by atoms with Crippen molar-refractivity contribution < 1.29 is 24.6 Å². The van der Waals surface area contributed by atoms with Gasteiger partial charge in [-0.1, -0.05) is 6.92 Å². The lowest BCUT2D eigenvalue weighted by molar-refractivity contribution is -0.157. The van der Waals surface area contributed by atoms with Gasteiger partial charge < -0.3 is 20.8 Å². The first-order valence-corrected chi connectivity index (χ1v) is 5.87. The summed E-state index contributed by atoms with van der Waals surface area (Å²) in [7, 11) is 0. The average Bonchev–Trinajstić information content (AvgIpc) is 2.71.